The minimum absolute atomic E-state index is 0. The van der Waals surface area contributed by atoms with Gasteiger partial charge in [0.1, 0.15) is 5.82 Å². The normalized spacial score (nSPS) is 19.6. The molecule has 0 saturated carbocycles. The molecule has 3 rings (SSSR count). The zero-order valence-corrected chi connectivity index (χ0v) is 11.1. The van der Waals surface area contributed by atoms with Crippen LogP contribution in [0.5, 0.6) is 0 Å². The molecule has 0 amide bonds. The Morgan fingerprint density at radius 3 is 3.00 bits per heavy atom. The van der Waals surface area contributed by atoms with Crippen LogP contribution in [0.1, 0.15) is 6.42 Å². The van der Waals surface area contributed by atoms with Gasteiger partial charge in [-0.05, 0) is 42.5 Å². The topological polar surface area (TPSA) is 42.1 Å². The molecule has 1 atom stereocenters. The van der Waals surface area contributed by atoms with Crippen molar-refractivity contribution in [2.75, 3.05) is 24.5 Å². The molecule has 5 heteroatoms. The zero-order chi connectivity index (χ0) is 11.0. The fourth-order valence-electron chi connectivity index (χ4n) is 2.32. The van der Waals surface area contributed by atoms with Gasteiger partial charge >= 0.3 is 0 Å². The van der Waals surface area contributed by atoms with Crippen molar-refractivity contribution in [3.05, 3.63) is 24.3 Å². The monoisotopic (exact) mass is 269 g/mol. The molecule has 1 fully saturated rings. The Kier molecular flexibility index (Phi) is 3.86. The Balaban J connectivity index is 0.00000108. The van der Waals surface area contributed by atoms with Gasteiger partial charge in [0, 0.05) is 18.5 Å². The molecule has 1 saturated heterocycles. The van der Waals surface area contributed by atoms with Crippen molar-refractivity contribution in [3.63, 3.8) is 0 Å². The number of halogens is 1. The molecule has 0 radical (unpaired) electrons. The first kappa shape index (κ1) is 12.6. The number of nitrogens with zero attached hydrogens (tertiary/aromatic N) is 2. The minimum atomic E-state index is 0. The van der Waals surface area contributed by atoms with Crippen molar-refractivity contribution in [3.8, 4) is 0 Å². The molecule has 1 aliphatic heterocycles. The Hall–Kier alpha value is -0.840. The summed E-state index contributed by atoms with van der Waals surface area (Å²) < 4.78 is 5.84. The lowest BCUT2D eigenvalue weighted by Crippen LogP contribution is -2.22. The van der Waals surface area contributed by atoms with E-state index in [1.54, 1.807) is 11.5 Å². The van der Waals surface area contributed by atoms with Gasteiger partial charge in [-0.3, -0.25) is 0 Å². The fraction of sp³-hybridized carbons (Fsp3) is 0.417. The van der Waals surface area contributed by atoms with Gasteiger partial charge in [0.05, 0.1) is 4.70 Å². The number of nitrogens with two attached hydrogens (primary N) is 1. The van der Waals surface area contributed by atoms with Crippen LogP contribution >= 0.6 is 23.9 Å². The van der Waals surface area contributed by atoms with E-state index in [1.165, 1.54) is 16.5 Å². The highest BCUT2D eigenvalue weighted by atomic mass is 35.5. The van der Waals surface area contributed by atoms with E-state index in [4.69, 9.17) is 5.73 Å². The number of rotatable bonds is 2. The van der Waals surface area contributed by atoms with Gasteiger partial charge in [0.2, 0.25) is 0 Å². The van der Waals surface area contributed by atoms with Gasteiger partial charge < -0.3 is 10.6 Å². The van der Waals surface area contributed by atoms with E-state index in [-0.39, 0.29) is 12.4 Å². The number of benzene rings is 1. The van der Waals surface area contributed by atoms with Crippen LogP contribution in [-0.2, 0) is 0 Å². The van der Waals surface area contributed by atoms with Crippen molar-refractivity contribution in [2.24, 2.45) is 11.7 Å². The quantitative estimate of drug-likeness (QED) is 0.911. The molecule has 92 valence electrons. The van der Waals surface area contributed by atoms with Crippen molar-refractivity contribution in [2.45, 2.75) is 6.42 Å². The number of hydrogen-bond acceptors (Lipinski definition) is 4. The molecular formula is C12H16ClN3S. The summed E-state index contributed by atoms with van der Waals surface area (Å²) in [5.41, 5.74) is 5.72. The molecule has 3 nitrogen and oxygen atoms in total. The first-order valence-electron chi connectivity index (χ1n) is 5.68. The molecule has 1 unspecified atom stereocenters. The first-order valence-corrected chi connectivity index (χ1v) is 6.45. The Morgan fingerprint density at radius 2 is 2.24 bits per heavy atom. The smallest absolute Gasteiger partial charge is 0.150 e. The van der Waals surface area contributed by atoms with Gasteiger partial charge in [-0.2, -0.15) is 4.37 Å². The lowest BCUT2D eigenvalue weighted by atomic mass is 10.1. The van der Waals surface area contributed by atoms with Crippen LogP contribution in [0.2, 0.25) is 0 Å². The molecule has 2 heterocycles. The number of hydrogen-bond donors (Lipinski definition) is 1. The van der Waals surface area contributed by atoms with Gasteiger partial charge in [-0.25, -0.2) is 0 Å². The lowest BCUT2D eigenvalue weighted by molar-refractivity contribution is 0.602. The number of anilines is 1. The molecule has 1 aromatic carbocycles. The largest absolute Gasteiger partial charge is 0.355 e. The SMILES string of the molecule is Cl.NCC1CCN(c2nsc3ccccc23)C1. The predicted octanol–water partition coefficient (Wildman–Crippen LogP) is 2.50. The third kappa shape index (κ3) is 2.25. The standard InChI is InChI=1S/C12H15N3S.ClH/c13-7-9-5-6-15(8-9)12-10-3-1-2-4-11(10)16-14-12;/h1-4,9H,5-8,13H2;1H. The van der Waals surface area contributed by atoms with Crippen LogP contribution < -0.4 is 10.6 Å². The third-order valence-electron chi connectivity index (χ3n) is 3.28. The van der Waals surface area contributed by atoms with Gasteiger partial charge in [0.25, 0.3) is 0 Å². The van der Waals surface area contributed by atoms with Crippen molar-refractivity contribution in [1.82, 2.24) is 4.37 Å². The molecule has 0 aliphatic carbocycles. The van der Waals surface area contributed by atoms with Crippen LogP contribution in [0.3, 0.4) is 0 Å². The summed E-state index contributed by atoms with van der Waals surface area (Å²) in [6.07, 6.45) is 1.20. The van der Waals surface area contributed by atoms with Gasteiger partial charge in [0.15, 0.2) is 0 Å². The van der Waals surface area contributed by atoms with Gasteiger partial charge in [-0.1, -0.05) is 12.1 Å². The summed E-state index contributed by atoms with van der Waals surface area (Å²) in [7, 11) is 0. The summed E-state index contributed by atoms with van der Waals surface area (Å²) in [6, 6.07) is 8.44. The van der Waals surface area contributed by atoms with E-state index in [0.29, 0.717) is 5.92 Å². The van der Waals surface area contributed by atoms with E-state index < -0.39 is 0 Å². The maximum absolute atomic E-state index is 5.72. The summed E-state index contributed by atoms with van der Waals surface area (Å²) >= 11 is 1.59. The minimum Gasteiger partial charge on any atom is -0.355 e. The molecule has 2 aromatic rings. The Labute approximate surface area is 111 Å². The second-order valence-corrected chi connectivity index (χ2v) is 5.14. The molecule has 17 heavy (non-hydrogen) atoms. The molecular weight excluding hydrogens is 254 g/mol. The van der Waals surface area contributed by atoms with Crippen molar-refractivity contribution in [1.29, 1.82) is 0 Å². The first-order chi connectivity index (χ1) is 7.88. The average molecular weight is 270 g/mol. The highest BCUT2D eigenvalue weighted by Gasteiger charge is 2.24. The fourth-order valence-corrected chi connectivity index (χ4v) is 3.11. The molecule has 0 spiro atoms. The maximum atomic E-state index is 5.72. The van der Waals surface area contributed by atoms with Crippen LogP contribution in [0.25, 0.3) is 10.1 Å². The van der Waals surface area contributed by atoms with Crippen molar-refractivity contribution >= 4 is 39.8 Å². The molecule has 1 aliphatic rings. The molecule has 1 aromatic heterocycles. The second-order valence-electron chi connectivity index (χ2n) is 4.34. The Bertz CT molecular complexity index is 499. The summed E-state index contributed by atoms with van der Waals surface area (Å²) in [5.74, 6) is 1.79. The number of fused-ring (bicyclic) bond motifs is 1. The van der Waals surface area contributed by atoms with Crippen molar-refractivity contribution < 1.29 is 0 Å². The predicted molar refractivity (Wildman–Crippen MR) is 76.2 cm³/mol. The molecule has 0 bridgehead atoms. The van der Waals surface area contributed by atoms with Crippen LogP contribution in [0.15, 0.2) is 24.3 Å². The highest BCUT2D eigenvalue weighted by Crippen LogP contribution is 2.32. The van der Waals surface area contributed by atoms with E-state index in [9.17, 15) is 0 Å². The summed E-state index contributed by atoms with van der Waals surface area (Å²) in [5, 5.41) is 1.28. The summed E-state index contributed by atoms with van der Waals surface area (Å²) in [4.78, 5) is 2.37. The summed E-state index contributed by atoms with van der Waals surface area (Å²) in [6.45, 7) is 2.94. The average Bonchev–Trinajstić information content (AvgIpc) is 2.94. The van der Waals surface area contributed by atoms with E-state index in [0.717, 1.165) is 25.5 Å². The van der Waals surface area contributed by atoms with E-state index in [2.05, 4.69) is 33.5 Å². The van der Waals surface area contributed by atoms with Gasteiger partial charge in [-0.15, -0.1) is 12.4 Å². The zero-order valence-electron chi connectivity index (χ0n) is 9.50. The third-order valence-corrected chi connectivity index (χ3v) is 4.09. The van der Waals surface area contributed by atoms with Crippen LogP contribution in [0, 0.1) is 5.92 Å². The van der Waals surface area contributed by atoms with Crippen LogP contribution in [0.4, 0.5) is 5.82 Å². The number of aromatic nitrogens is 1. The Morgan fingerprint density at radius 1 is 1.41 bits per heavy atom. The second kappa shape index (κ2) is 5.21. The maximum Gasteiger partial charge on any atom is 0.150 e. The molecule has 2 N–H and O–H groups in total. The van der Waals surface area contributed by atoms with E-state index in [1.807, 2.05) is 0 Å². The van der Waals surface area contributed by atoms with Crippen LogP contribution in [-0.4, -0.2) is 24.0 Å². The lowest BCUT2D eigenvalue weighted by Gasteiger charge is -2.15. The van der Waals surface area contributed by atoms with E-state index >= 15 is 0 Å². The highest BCUT2D eigenvalue weighted by molar-refractivity contribution is 7.13.